The summed E-state index contributed by atoms with van der Waals surface area (Å²) in [4.78, 5) is 48.7. The van der Waals surface area contributed by atoms with Gasteiger partial charge < -0.3 is 5.32 Å². The zero-order valence-corrected chi connectivity index (χ0v) is 17.1. The minimum atomic E-state index is -0.602. The van der Waals surface area contributed by atoms with Crippen LogP contribution in [-0.2, 0) is 4.79 Å². The van der Waals surface area contributed by atoms with E-state index in [0.717, 1.165) is 4.90 Å². The van der Waals surface area contributed by atoms with Crippen LogP contribution in [0.2, 0.25) is 5.02 Å². The molecule has 0 aromatic heterocycles. The van der Waals surface area contributed by atoms with Crippen molar-refractivity contribution in [1.82, 2.24) is 0 Å². The number of hydrogen-bond donors (Lipinski definition) is 1. The largest absolute Gasteiger partial charge is 0.323 e. The molecular weight excluding hydrogens is 434 g/mol. The highest BCUT2D eigenvalue weighted by molar-refractivity contribution is 6.34. The molecule has 3 aromatic rings. The molecule has 0 spiro atoms. The number of nitro benzene ring substituents is 1. The third-order valence-corrected chi connectivity index (χ3v) is 5.10. The number of halogens is 1. The lowest BCUT2D eigenvalue weighted by molar-refractivity contribution is -0.384. The number of anilines is 2. The number of fused-ring (bicyclic) bond motifs is 1. The van der Waals surface area contributed by atoms with Gasteiger partial charge in [-0.2, -0.15) is 0 Å². The maximum absolute atomic E-state index is 12.6. The first-order chi connectivity index (χ1) is 15.3. The van der Waals surface area contributed by atoms with Gasteiger partial charge in [-0.25, -0.2) is 4.90 Å². The number of carbonyl (C=O) groups excluding carboxylic acids is 3. The van der Waals surface area contributed by atoms with E-state index in [9.17, 15) is 24.5 Å². The number of nitrogens with one attached hydrogen (secondary N) is 1. The lowest BCUT2D eigenvalue weighted by Gasteiger charge is -2.14. The van der Waals surface area contributed by atoms with Crippen molar-refractivity contribution in [1.29, 1.82) is 0 Å². The number of rotatable bonds is 5. The monoisotopic (exact) mass is 447 g/mol. The fourth-order valence-corrected chi connectivity index (χ4v) is 3.43. The van der Waals surface area contributed by atoms with Gasteiger partial charge in [-0.05, 0) is 54.1 Å². The van der Waals surface area contributed by atoms with E-state index in [4.69, 9.17) is 11.6 Å². The van der Waals surface area contributed by atoms with Gasteiger partial charge in [0.05, 0.1) is 21.7 Å². The molecular formula is C23H14ClN3O5. The third kappa shape index (κ3) is 3.99. The van der Waals surface area contributed by atoms with Crippen LogP contribution in [0.25, 0.3) is 6.08 Å². The Kier molecular flexibility index (Phi) is 5.53. The van der Waals surface area contributed by atoms with Gasteiger partial charge in [-0.1, -0.05) is 29.8 Å². The molecule has 3 amide bonds. The summed E-state index contributed by atoms with van der Waals surface area (Å²) in [5.74, 6) is -1.26. The Morgan fingerprint density at radius 3 is 2.19 bits per heavy atom. The quantitative estimate of drug-likeness (QED) is 0.264. The number of imide groups is 1. The summed E-state index contributed by atoms with van der Waals surface area (Å²) in [5, 5.41) is 13.6. The molecule has 158 valence electrons. The van der Waals surface area contributed by atoms with Crippen molar-refractivity contribution < 1.29 is 19.3 Å². The van der Waals surface area contributed by atoms with Crippen LogP contribution in [0.1, 0.15) is 26.3 Å². The van der Waals surface area contributed by atoms with Crippen molar-refractivity contribution in [2.75, 3.05) is 10.2 Å². The Balaban J connectivity index is 1.44. The Hall–Kier alpha value is -4.30. The van der Waals surface area contributed by atoms with Crippen LogP contribution in [0, 0.1) is 10.1 Å². The summed E-state index contributed by atoms with van der Waals surface area (Å²) in [5.41, 5.74) is 1.72. The molecule has 0 aliphatic carbocycles. The number of hydrogen-bond acceptors (Lipinski definition) is 5. The predicted octanol–water partition coefficient (Wildman–Crippen LogP) is 4.70. The molecule has 0 bridgehead atoms. The molecule has 1 heterocycles. The molecule has 0 fully saturated rings. The zero-order chi connectivity index (χ0) is 22.8. The minimum Gasteiger partial charge on any atom is -0.323 e. The average molecular weight is 448 g/mol. The smallest absolute Gasteiger partial charge is 0.288 e. The van der Waals surface area contributed by atoms with Crippen molar-refractivity contribution in [3.05, 3.63) is 105 Å². The Morgan fingerprint density at radius 2 is 1.59 bits per heavy atom. The molecule has 0 atom stereocenters. The van der Waals surface area contributed by atoms with Crippen molar-refractivity contribution >= 4 is 52.5 Å². The molecule has 0 radical (unpaired) electrons. The average Bonchev–Trinajstić information content (AvgIpc) is 3.04. The summed E-state index contributed by atoms with van der Waals surface area (Å²) >= 11 is 5.77. The second kappa shape index (κ2) is 8.44. The van der Waals surface area contributed by atoms with Crippen molar-refractivity contribution in [3.63, 3.8) is 0 Å². The van der Waals surface area contributed by atoms with E-state index in [2.05, 4.69) is 5.32 Å². The number of nitrogens with zero attached hydrogens (tertiary/aromatic N) is 2. The molecule has 0 saturated heterocycles. The van der Waals surface area contributed by atoms with Crippen molar-refractivity contribution in [3.8, 4) is 0 Å². The summed E-state index contributed by atoms with van der Waals surface area (Å²) in [7, 11) is 0. The first-order valence-electron chi connectivity index (χ1n) is 9.36. The van der Waals surface area contributed by atoms with Crippen LogP contribution in [0.3, 0.4) is 0 Å². The van der Waals surface area contributed by atoms with Gasteiger partial charge in [0.25, 0.3) is 17.5 Å². The molecule has 0 saturated carbocycles. The van der Waals surface area contributed by atoms with Crippen LogP contribution in [0.15, 0.2) is 72.8 Å². The van der Waals surface area contributed by atoms with E-state index in [1.165, 1.54) is 24.3 Å². The van der Waals surface area contributed by atoms with Gasteiger partial charge in [0, 0.05) is 17.8 Å². The lowest BCUT2D eigenvalue weighted by Crippen LogP contribution is -2.29. The fourth-order valence-electron chi connectivity index (χ4n) is 3.25. The summed E-state index contributed by atoms with van der Waals surface area (Å²) in [6.07, 6.45) is 2.65. The number of amides is 3. The van der Waals surface area contributed by atoms with E-state index < -0.39 is 22.6 Å². The van der Waals surface area contributed by atoms with Gasteiger partial charge in [-0.3, -0.25) is 24.5 Å². The predicted molar refractivity (Wildman–Crippen MR) is 120 cm³/mol. The van der Waals surface area contributed by atoms with Crippen LogP contribution >= 0.6 is 11.6 Å². The maximum atomic E-state index is 12.6. The Morgan fingerprint density at radius 1 is 0.969 bits per heavy atom. The topological polar surface area (TPSA) is 110 Å². The SMILES string of the molecule is O=C(/C=C/c1ccc(Cl)c([N+](=O)[O-])c1)Nc1ccc(N2C(=O)c3ccccc3C2=O)cc1. The first kappa shape index (κ1) is 21.0. The van der Waals surface area contributed by atoms with Crippen LogP contribution < -0.4 is 10.2 Å². The second-order valence-electron chi connectivity index (χ2n) is 6.83. The van der Waals surface area contributed by atoms with E-state index in [1.54, 1.807) is 54.6 Å². The minimum absolute atomic E-state index is 0.00903. The summed E-state index contributed by atoms with van der Waals surface area (Å²) in [6.45, 7) is 0. The second-order valence-corrected chi connectivity index (χ2v) is 7.24. The maximum Gasteiger partial charge on any atom is 0.288 e. The van der Waals surface area contributed by atoms with E-state index in [1.807, 2.05) is 0 Å². The van der Waals surface area contributed by atoms with E-state index in [0.29, 0.717) is 28.1 Å². The number of benzene rings is 3. The number of nitro groups is 1. The third-order valence-electron chi connectivity index (χ3n) is 4.78. The van der Waals surface area contributed by atoms with Crippen LogP contribution in [0.5, 0.6) is 0 Å². The molecule has 1 N–H and O–H groups in total. The summed E-state index contributed by atoms with van der Waals surface area (Å²) in [6, 6.07) is 17.1. The molecule has 1 aliphatic heterocycles. The van der Waals surface area contributed by atoms with Crippen molar-refractivity contribution in [2.45, 2.75) is 0 Å². The normalized spacial score (nSPS) is 12.8. The molecule has 1 aliphatic rings. The van der Waals surface area contributed by atoms with Gasteiger partial charge in [0.2, 0.25) is 5.91 Å². The lowest BCUT2D eigenvalue weighted by atomic mass is 10.1. The molecule has 4 rings (SSSR count). The van der Waals surface area contributed by atoms with Gasteiger partial charge in [0.15, 0.2) is 0 Å². The zero-order valence-electron chi connectivity index (χ0n) is 16.3. The van der Waals surface area contributed by atoms with Crippen LogP contribution in [0.4, 0.5) is 17.1 Å². The van der Waals surface area contributed by atoms with Gasteiger partial charge >= 0.3 is 0 Å². The highest BCUT2D eigenvalue weighted by Crippen LogP contribution is 2.29. The van der Waals surface area contributed by atoms with Gasteiger partial charge in [-0.15, -0.1) is 0 Å². The first-order valence-corrected chi connectivity index (χ1v) is 9.74. The standard InChI is InChI=1S/C23H14ClN3O5/c24-19-11-5-14(13-20(19)27(31)32)6-12-21(28)25-15-7-9-16(10-8-15)26-22(29)17-3-1-2-4-18(17)23(26)30/h1-13H,(H,25,28)/b12-6+. The van der Waals surface area contributed by atoms with Crippen LogP contribution in [-0.4, -0.2) is 22.6 Å². The molecule has 8 nitrogen and oxygen atoms in total. The van der Waals surface area contributed by atoms with E-state index in [-0.39, 0.29) is 10.7 Å². The fraction of sp³-hybridized carbons (Fsp3) is 0. The summed E-state index contributed by atoms with van der Waals surface area (Å²) < 4.78 is 0. The molecule has 3 aromatic carbocycles. The van der Waals surface area contributed by atoms with Crippen molar-refractivity contribution in [2.24, 2.45) is 0 Å². The Labute approximate surface area is 186 Å². The highest BCUT2D eigenvalue weighted by atomic mass is 35.5. The van der Waals surface area contributed by atoms with Gasteiger partial charge in [0.1, 0.15) is 5.02 Å². The molecule has 32 heavy (non-hydrogen) atoms. The molecule has 0 unspecified atom stereocenters. The number of carbonyl (C=O) groups is 3. The van der Waals surface area contributed by atoms with E-state index >= 15 is 0 Å². The molecule has 9 heteroatoms. The Bertz CT molecular complexity index is 1270. The highest BCUT2D eigenvalue weighted by Gasteiger charge is 2.36.